The lowest BCUT2D eigenvalue weighted by Crippen LogP contribution is -2.24. The van der Waals surface area contributed by atoms with Gasteiger partial charge in [-0.3, -0.25) is 4.79 Å². The van der Waals surface area contributed by atoms with Crippen LogP contribution in [0, 0.1) is 0 Å². The number of imidazole rings is 1. The lowest BCUT2D eigenvalue weighted by atomic mass is 9.87. The molecule has 1 aliphatic rings. The maximum Gasteiger partial charge on any atom is 0.227 e. The van der Waals surface area contributed by atoms with E-state index in [9.17, 15) is 4.79 Å². The lowest BCUT2D eigenvalue weighted by molar-refractivity contribution is -0.117. The predicted octanol–water partition coefficient (Wildman–Crippen LogP) is 6.72. The first-order chi connectivity index (χ1) is 18.3. The zero-order valence-electron chi connectivity index (χ0n) is 22.8. The van der Waals surface area contributed by atoms with Crippen LogP contribution in [0.1, 0.15) is 57.8 Å². The molecule has 6 heteroatoms. The van der Waals surface area contributed by atoms with Crippen molar-refractivity contribution in [2.45, 2.75) is 58.4 Å². The summed E-state index contributed by atoms with van der Waals surface area (Å²) in [5, 5.41) is 0. The molecular weight excluding hydrogens is 474 g/mol. The fourth-order valence-electron chi connectivity index (χ4n) is 5.12. The smallest absolute Gasteiger partial charge is 0.227 e. The van der Waals surface area contributed by atoms with Crippen molar-refractivity contribution in [3.8, 4) is 11.5 Å². The molecule has 1 aliphatic heterocycles. The van der Waals surface area contributed by atoms with Gasteiger partial charge in [0.2, 0.25) is 5.91 Å². The molecule has 198 valence electrons. The van der Waals surface area contributed by atoms with E-state index in [2.05, 4.69) is 55.7 Å². The van der Waals surface area contributed by atoms with Crippen LogP contribution < -0.4 is 14.4 Å². The maximum atomic E-state index is 13.0. The Labute approximate surface area is 225 Å². The molecule has 2 heterocycles. The minimum atomic E-state index is 0.0346. The first kappa shape index (κ1) is 25.8. The van der Waals surface area contributed by atoms with Gasteiger partial charge in [0.05, 0.1) is 24.2 Å². The number of carbonyl (C=O) groups is 1. The zero-order valence-corrected chi connectivity index (χ0v) is 22.8. The molecule has 1 fully saturated rings. The Morgan fingerprint density at radius 2 is 1.61 bits per heavy atom. The quantitative estimate of drug-likeness (QED) is 0.234. The van der Waals surface area contributed by atoms with Gasteiger partial charge in [0, 0.05) is 31.1 Å². The molecular formula is C32H37N3O3. The molecule has 1 amide bonds. The summed E-state index contributed by atoms with van der Waals surface area (Å²) in [6, 6.07) is 24.4. The third-order valence-corrected chi connectivity index (χ3v) is 7.15. The van der Waals surface area contributed by atoms with Gasteiger partial charge in [-0.2, -0.15) is 0 Å². The molecule has 0 spiro atoms. The van der Waals surface area contributed by atoms with E-state index in [1.807, 2.05) is 54.3 Å². The number of para-hydroxylation sites is 2. The summed E-state index contributed by atoms with van der Waals surface area (Å²) in [5.74, 6) is 2.84. The van der Waals surface area contributed by atoms with Crippen LogP contribution in [0.25, 0.3) is 11.0 Å². The molecule has 1 unspecified atom stereocenters. The number of fused-ring (bicyclic) bond motifs is 1. The van der Waals surface area contributed by atoms with Gasteiger partial charge in [-0.1, -0.05) is 45.0 Å². The molecule has 1 aromatic heterocycles. The standard InChI is InChI=1S/C32H37N3O3/c1-5-37-26-17-13-25(14-18-26)35-22-23(21-30(35)36)31-33-28-9-6-7-10-29(28)34(31)19-8-20-38-27-15-11-24(12-16-27)32(2,3)4/h6-7,9-18,23H,5,8,19-22H2,1-4H3. The average Bonchev–Trinajstić information content (AvgIpc) is 3.47. The Kier molecular flexibility index (Phi) is 7.41. The molecule has 0 aliphatic carbocycles. The highest BCUT2D eigenvalue weighted by Crippen LogP contribution is 2.34. The molecule has 1 atom stereocenters. The maximum absolute atomic E-state index is 13.0. The van der Waals surface area contributed by atoms with Gasteiger partial charge in [0.15, 0.2) is 0 Å². The van der Waals surface area contributed by atoms with E-state index in [0.29, 0.717) is 26.2 Å². The van der Waals surface area contributed by atoms with Crippen LogP contribution in [-0.4, -0.2) is 35.2 Å². The van der Waals surface area contributed by atoms with Crippen LogP contribution in [0.15, 0.2) is 72.8 Å². The number of benzene rings is 3. The SMILES string of the molecule is CCOc1ccc(N2CC(c3nc4ccccc4n3CCCOc3ccc(C(C)(C)C)cc3)CC2=O)cc1. The summed E-state index contributed by atoms with van der Waals surface area (Å²) in [6.45, 7) is 11.2. The number of rotatable bonds is 9. The molecule has 6 nitrogen and oxygen atoms in total. The molecule has 0 N–H and O–H groups in total. The lowest BCUT2D eigenvalue weighted by Gasteiger charge is -2.19. The van der Waals surface area contributed by atoms with Crippen LogP contribution in [0.5, 0.6) is 11.5 Å². The number of hydrogen-bond donors (Lipinski definition) is 0. The molecule has 4 aromatic rings. The van der Waals surface area contributed by atoms with E-state index in [0.717, 1.165) is 47.0 Å². The highest BCUT2D eigenvalue weighted by atomic mass is 16.5. The number of nitrogens with zero attached hydrogens (tertiary/aromatic N) is 3. The number of anilines is 1. The van der Waals surface area contributed by atoms with Gasteiger partial charge in [0.1, 0.15) is 17.3 Å². The fourth-order valence-corrected chi connectivity index (χ4v) is 5.12. The Hall–Kier alpha value is -3.80. The van der Waals surface area contributed by atoms with Crippen LogP contribution >= 0.6 is 0 Å². The van der Waals surface area contributed by atoms with Gasteiger partial charge in [-0.25, -0.2) is 4.98 Å². The van der Waals surface area contributed by atoms with Crippen molar-refractivity contribution in [2.24, 2.45) is 0 Å². The molecule has 0 saturated carbocycles. The summed E-state index contributed by atoms with van der Waals surface area (Å²) in [5.41, 5.74) is 4.39. The normalized spacial score (nSPS) is 15.8. The number of aromatic nitrogens is 2. The van der Waals surface area contributed by atoms with Crippen LogP contribution in [0.2, 0.25) is 0 Å². The van der Waals surface area contributed by atoms with Gasteiger partial charge in [-0.15, -0.1) is 0 Å². The highest BCUT2D eigenvalue weighted by molar-refractivity contribution is 5.96. The first-order valence-corrected chi connectivity index (χ1v) is 13.5. The zero-order chi connectivity index (χ0) is 26.7. The van der Waals surface area contributed by atoms with Gasteiger partial charge in [-0.05, 0) is 72.9 Å². The number of aryl methyl sites for hydroxylation is 1. The van der Waals surface area contributed by atoms with Crippen LogP contribution in [0.4, 0.5) is 5.69 Å². The molecule has 1 saturated heterocycles. The first-order valence-electron chi connectivity index (χ1n) is 13.5. The molecule has 0 radical (unpaired) electrons. The van der Waals surface area contributed by atoms with Gasteiger partial charge in [0.25, 0.3) is 0 Å². The number of carbonyl (C=O) groups excluding carboxylic acids is 1. The van der Waals surface area contributed by atoms with Crippen molar-refractivity contribution in [3.63, 3.8) is 0 Å². The Morgan fingerprint density at radius 1 is 0.921 bits per heavy atom. The van der Waals surface area contributed by atoms with Crippen molar-refractivity contribution >= 4 is 22.6 Å². The van der Waals surface area contributed by atoms with E-state index >= 15 is 0 Å². The average molecular weight is 512 g/mol. The van der Waals surface area contributed by atoms with Crippen molar-refractivity contribution in [2.75, 3.05) is 24.7 Å². The van der Waals surface area contributed by atoms with Crippen LogP contribution in [0.3, 0.4) is 0 Å². The predicted molar refractivity (Wildman–Crippen MR) is 152 cm³/mol. The molecule has 3 aromatic carbocycles. The van der Waals surface area contributed by atoms with E-state index < -0.39 is 0 Å². The molecule has 0 bridgehead atoms. The summed E-state index contributed by atoms with van der Waals surface area (Å²) in [7, 11) is 0. The number of amides is 1. The summed E-state index contributed by atoms with van der Waals surface area (Å²) >= 11 is 0. The Morgan fingerprint density at radius 3 is 2.32 bits per heavy atom. The van der Waals surface area contributed by atoms with E-state index in [-0.39, 0.29) is 17.2 Å². The summed E-state index contributed by atoms with van der Waals surface area (Å²) < 4.78 is 13.9. The topological polar surface area (TPSA) is 56.6 Å². The van der Waals surface area contributed by atoms with E-state index in [4.69, 9.17) is 14.5 Å². The second-order valence-corrected chi connectivity index (χ2v) is 10.9. The van der Waals surface area contributed by atoms with Crippen molar-refractivity contribution in [1.29, 1.82) is 0 Å². The summed E-state index contributed by atoms with van der Waals surface area (Å²) in [4.78, 5) is 19.9. The highest BCUT2D eigenvalue weighted by Gasteiger charge is 2.34. The van der Waals surface area contributed by atoms with Gasteiger partial charge >= 0.3 is 0 Å². The minimum Gasteiger partial charge on any atom is -0.494 e. The fraction of sp³-hybridized carbons (Fsp3) is 0.375. The van der Waals surface area contributed by atoms with Crippen molar-refractivity contribution in [1.82, 2.24) is 9.55 Å². The third kappa shape index (κ3) is 5.54. The van der Waals surface area contributed by atoms with Crippen molar-refractivity contribution < 1.29 is 14.3 Å². The van der Waals surface area contributed by atoms with Crippen LogP contribution in [-0.2, 0) is 16.8 Å². The minimum absolute atomic E-state index is 0.0346. The number of ether oxygens (including phenoxy) is 2. The Balaban J connectivity index is 1.28. The number of hydrogen-bond acceptors (Lipinski definition) is 4. The van der Waals surface area contributed by atoms with Gasteiger partial charge < -0.3 is 18.9 Å². The van der Waals surface area contributed by atoms with E-state index in [1.165, 1.54) is 5.56 Å². The largest absolute Gasteiger partial charge is 0.494 e. The third-order valence-electron chi connectivity index (χ3n) is 7.15. The molecule has 38 heavy (non-hydrogen) atoms. The molecule has 5 rings (SSSR count). The monoisotopic (exact) mass is 511 g/mol. The van der Waals surface area contributed by atoms with E-state index in [1.54, 1.807) is 0 Å². The summed E-state index contributed by atoms with van der Waals surface area (Å²) in [6.07, 6.45) is 1.30. The van der Waals surface area contributed by atoms with Crippen molar-refractivity contribution in [3.05, 3.63) is 84.2 Å². The Bertz CT molecular complexity index is 1380. The second kappa shape index (κ2) is 10.9. The second-order valence-electron chi connectivity index (χ2n) is 10.9.